The second kappa shape index (κ2) is 8.20. The Morgan fingerprint density at radius 2 is 1.90 bits per heavy atom. The van der Waals surface area contributed by atoms with Gasteiger partial charge in [-0.2, -0.15) is 0 Å². The molecule has 0 saturated carbocycles. The molecule has 0 atom stereocenters. The first kappa shape index (κ1) is 16.1. The molecule has 0 aliphatic rings. The van der Waals surface area contributed by atoms with Crippen molar-refractivity contribution >= 4 is 15.9 Å². The van der Waals surface area contributed by atoms with E-state index >= 15 is 0 Å². The van der Waals surface area contributed by atoms with E-state index in [9.17, 15) is 0 Å². The molecule has 0 aliphatic carbocycles. The summed E-state index contributed by atoms with van der Waals surface area (Å²) in [4.78, 5) is 0. The molecule has 0 amide bonds. The summed E-state index contributed by atoms with van der Waals surface area (Å²) in [5.74, 6) is 0.884. The summed E-state index contributed by atoms with van der Waals surface area (Å²) in [5.41, 5.74) is 3.71. The number of hydrogen-bond acceptors (Lipinski definition) is 2. The third kappa shape index (κ3) is 5.18. The first-order valence-corrected chi connectivity index (χ1v) is 8.16. The van der Waals surface area contributed by atoms with Crippen LogP contribution in [0.1, 0.15) is 30.0 Å². The van der Waals surface area contributed by atoms with Gasteiger partial charge in [-0.3, -0.25) is 0 Å². The van der Waals surface area contributed by atoms with Crippen LogP contribution in [0.15, 0.2) is 46.9 Å². The normalized spacial score (nSPS) is 10.6. The van der Waals surface area contributed by atoms with E-state index in [1.807, 2.05) is 6.07 Å². The van der Waals surface area contributed by atoms with Crippen LogP contribution in [0.3, 0.4) is 0 Å². The Bertz CT molecular complexity index is 583. The summed E-state index contributed by atoms with van der Waals surface area (Å²) in [6, 6.07) is 14.7. The topological polar surface area (TPSA) is 21.3 Å². The van der Waals surface area contributed by atoms with Crippen molar-refractivity contribution in [3.63, 3.8) is 0 Å². The minimum absolute atomic E-state index is 0.587. The van der Waals surface area contributed by atoms with Crippen LogP contribution in [0, 0.1) is 6.92 Å². The lowest BCUT2D eigenvalue weighted by atomic mass is 10.1. The van der Waals surface area contributed by atoms with Gasteiger partial charge < -0.3 is 10.1 Å². The van der Waals surface area contributed by atoms with Crippen molar-refractivity contribution in [1.29, 1.82) is 0 Å². The summed E-state index contributed by atoms with van der Waals surface area (Å²) in [6.45, 7) is 6.80. The van der Waals surface area contributed by atoms with Gasteiger partial charge in [-0.05, 0) is 64.6 Å². The standard InChI is InChI=1S/C18H22BrNO/c1-3-9-20-12-15-5-4-6-16(11-15)13-21-18-8-7-14(2)10-17(18)19/h4-8,10-11,20H,3,9,12-13H2,1-2H3. The van der Waals surface area contributed by atoms with Crippen LogP contribution < -0.4 is 10.1 Å². The number of hydrogen-bond donors (Lipinski definition) is 1. The first-order chi connectivity index (χ1) is 10.2. The largest absolute Gasteiger partial charge is 0.488 e. The van der Waals surface area contributed by atoms with Gasteiger partial charge in [-0.1, -0.05) is 37.3 Å². The molecule has 0 heterocycles. The summed E-state index contributed by atoms with van der Waals surface area (Å²) in [5, 5.41) is 3.42. The fourth-order valence-electron chi connectivity index (χ4n) is 2.12. The van der Waals surface area contributed by atoms with E-state index in [2.05, 4.69) is 71.5 Å². The van der Waals surface area contributed by atoms with Crippen molar-refractivity contribution < 1.29 is 4.74 Å². The van der Waals surface area contributed by atoms with E-state index < -0.39 is 0 Å². The highest BCUT2D eigenvalue weighted by molar-refractivity contribution is 9.10. The molecule has 2 aromatic carbocycles. The molecule has 0 radical (unpaired) electrons. The average molecular weight is 348 g/mol. The Hall–Kier alpha value is -1.32. The quantitative estimate of drug-likeness (QED) is 0.723. The van der Waals surface area contributed by atoms with Gasteiger partial charge in [0.05, 0.1) is 4.47 Å². The van der Waals surface area contributed by atoms with E-state index in [4.69, 9.17) is 4.74 Å². The maximum atomic E-state index is 5.89. The van der Waals surface area contributed by atoms with Crippen LogP contribution in [0.2, 0.25) is 0 Å². The summed E-state index contributed by atoms with van der Waals surface area (Å²) in [6.07, 6.45) is 1.16. The highest BCUT2D eigenvalue weighted by Crippen LogP contribution is 2.26. The molecule has 112 valence electrons. The van der Waals surface area contributed by atoms with Crippen molar-refractivity contribution in [3.05, 3.63) is 63.6 Å². The van der Waals surface area contributed by atoms with Crippen LogP contribution in [0.5, 0.6) is 5.75 Å². The van der Waals surface area contributed by atoms with Gasteiger partial charge >= 0.3 is 0 Å². The molecule has 3 heteroatoms. The van der Waals surface area contributed by atoms with E-state index in [1.165, 1.54) is 16.7 Å². The van der Waals surface area contributed by atoms with Crippen molar-refractivity contribution in [2.45, 2.75) is 33.4 Å². The summed E-state index contributed by atoms with van der Waals surface area (Å²) >= 11 is 3.54. The lowest BCUT2D eigenvalue weighted by molar-refractivity contribution is 0.304. The van der Waals surface area contributed by atoms with Gasteiger partial charge in [0, 0.05) is 6.54 Å². The van der Waals surface area contributed by atoms with Gasteiger partial charge in [0.15, 0.2) is 0 Å². The lowest BCUT2D eigenvalue weighted by Gasteiger charge is -2.10. The highest BCUT2D eigenvalue weighted by Gasteiger charge is 2.02. The van der Waals surface area contributed by atoms with E-state index in [1.54, 1.807) is 0 Å². The smallest absolute Gasteiger partial charge is 0.134 e. The monoisotopic (exact) mass is 347 g/mol. The number of nitrogens with one attached hydrogen (secondary N) is 1. The number of rotatable bonds is 7. The third-order valence-electron chi connectivity index (χ3n) is 3.23. The second-order valence-electron chi connectivity index (χ2n) is 5.22. The van der Waals surface area contributed by atoms with Gasteiger partial charge in [0.2, 0.25) is 0 Å². The van der Waals surface area contributed by atoms with Crippen molar-refractivity contribution in [2.24, 2.45) is 0 Å². The van der Waals surface area contributed by atoms with Gasteiger partial charge in [0.25, 0.3) is 0 Å². The minimum atomic E-state index is 0.587. The molecule has 0 bridgehead atoms. The molecule has 0 saturated heterocycles. The zero-order chi connectivity index (χ0) is 15.1. The zero-order valence-corrected chi connectivity index (χ0v) is 14.2. The molecular formula is C18H22BrNO. The van der Waals surface area contributed by atoms with Crippen LogP contribution in [-0.2, 0) is 13.2 Å². The number of ether oxygens (including phenoxy) is 1. The Morgan fingerprint density at radius 3 is 2.67 bits per heavy atom. The first-order valence-electron chi connectivity index (χ1n) is 7.36. The predicted octanol–water partition coefficient (Wildman–Crippen LogP) is 4.84. The van der Waals surface area contributed by atoms with Crippen molar-refractivity contribution in [2.75, 3.05) is 6.54 Å². The summed E-state index contributed by atoms with van der Waals surface area (Å²) < 4.78 is 6.89. The SMILES string of the molecule is CCCNCc1cccc(COc2ccc(C)cc2Br)c1. The average Bonchev–Trinajstić information content (AvgIpc) is 2.47. The molecule has 2 aromatic rings. The number of halogens is 1. The minimum Gasteiger partial charge on any atom is -0.488 e. The van der Waals surface area contributed by atoms with Gasteiger partial charge in [-0.15, -0.1) is 0 Å². The van der Waals surface area contributed by atoms with Crippen LogP contribution in [0.25, 0.3) is 0 Å². The molecule has 1 N–H and O–H groups in total. The lowest BCUT2D eigenvalue weighted by Crippen LogP contribution is -2.13. The van der Waals surface area contributed by atoms with Gasteiger partial charge in [-0.25, -0.2) is 0 Å². The molecule has 0 aliphatic heterocycles. The van der Waals surface area contributed by atoms with Crippen LogP contribution in [0.4, 0.5) is 0 Å². The summed E-state index contributed by atoms with van der Waals surface area (Å²) in [7, 11) is 0. The molecule has 2 nitrogen and oxygen atoms in total. The highest BCUT2D eigenvalue weighted by atomic mass is 79.9. The number of aryl methyl sites for hydroxylation is 1. The fourth-order valence-corrected chi connectivity index (χ4v) is 2.73. The third-order valence-corrected chi connectivity index (χ3v) is 3.85. The molecule has 0 fully saturated rings. The number of benzene rings is 2. The maximum absolute atomic E-state index is 5.89. The maximum Gasteiger partial charge on any atom is 0.134 e. The Balaban J connectivity index is 1.95. The zero-order valence-electron chi connectivity index (χ0n) is 12.7. The van der Waals surface area contributed by atoms with E-state index in [0.29, 0.717) is 6.61 Å². The molecule has 0 spiro atoms. The van der Waals surface area contributed by atoms with Crippen molar-refractivity contribution in [3.8, 4) is 5.75 Å². The molecule has 0 aromatic heterocycles. The molecule has 2 rings (SSSR count). The Labute approximate surface area is 135 Å². The van der Waals surface area contributed by atoms with Gasteiger partial charge in [0.1, 0.15) is 12.4 Å². The molecular weight excluding hydrogens is 326 g/mol. The van der Waals surface area contributed by atoms with E-state index in [0.717, 1.165) is 29.7 Å². The molecule has 0 unspecified atom stereocenters. The van der Waals surface area contributed by atoms with Crippen molar-refractivity contribution in [1.82, 2.24) is 5.32 Å². The Kier molecular flexibility index (Phi) is 6.27. The second-order valence-corrected chi connectivity index (χ2v) is 6.07. The fraction of sp³-hybridized carbons (Fsp3) is 0.333. The Morgan fingerprint density at radius 1 is 1.10 bits per heavy atom. The van der Waals surface area contributed by atoms with E-state index in [-0.39, 0.29) is 0 Å². The van der Waals surface area contributed by atoms with Crippen LogP contribution >= 0.6 is 15.9 Å². The van der Waals surface area contributed by atoms with Crippen LogP contribution in [-0.4, -0.2) is 6.54 Å². The predicted molar refractivity (Wildman–Crippen MR) is 91.7 cm³/mol. The molecule has 21 heavy (non-hydrogen) atoms.